The predicted octanol–water partition coefficient (Wildman–Crippen LogP) is 4.39. The number of nitrogens with zero attached hydrogens (tertiary/aromatic N) is 3. The Morgan fingerprint density at radius 1 is 1.24 bits per heavy atom. The standard InChI is InChI=1S/C17H18N4OS3/c1-11-9-13(19-21(11)10-12-7-5-4-6-8-12)18-15(22)14-16(23-2)20-25-17(14)24-3/h4-9H,10H2,1-3H3,(H,18,19,22). The summed E-state index contributed by atoms with van der Waals surface area (Å²) >= 11 is 4.37. The largest absolute Gasteiger partial charge is 0.305 e. The minimum absolute atomic E-state index is 0.160. The molecule has 0 radical (unpaired) electrons. The molecule has 0 aliphatic rings. The molecule has 0 unspecified atom stereocenters. The third kappa shape index (κ3) is 4.08. The van der Waals surface area contributed by atoms with Crippen LogP contribution < -0.4 is 5.32 Å². The topological polar surface area (TPSA) is 59.8 Å². The van der Waals surface area contributed by atoms with E-state index in [0.717, 1.165) is 14.9 Å². The number of benzene rings is 1. The van der Waals surface area contributed by atoms with Crippen LogP contribution in [0.3, 0.4) is 0 Å². The molecule has 2 aromatic heterocycles. The smallest absolute Gasteiger partial charge is 0.261 e. The fraction of sp³-hybridized carbons (Fsp3) is 0.235. The van der Waals surface area contributed by atoms with Gasteiger partial charge in [-0.2, -0.15) is 9.47 Å². The summed E-state index contributed by atoms with van der Waals surface area (Å²) in [5, 5.41) is 8.19. The lowest BCUT2D eigenvalue weighted by molar-refractivity contribution is 0.102. The summed E-state index contributed by atoms with van der Waals surface area (Å²) in [6.07, 6.45) is 3.88. The lowest BCUT2D eigenvalue weighted by Crippen LogP contribution is -2.14. The summed E-state index contributed by atoms with van der Waals surface area (Å²) in [6, 6.07) is 12.0. The third-order valence-corrected chi connectivity index (χ3v) is 6.37. The van der Waals surface area contributed by atoms with E-state index in [0.29, 0.717) is 17.9 Å². The summed E-state index contributed by atoms with van der Waals surface area (Å²) in [5.41, 5.74) is 2.81. The van der Waals surface area contributed by atoms with Crippen molar-refractivity contribution in [3.05, 3.63) is 53.2 Å². The van der Waals surface area contributed by atoms with Crippen molar-refractivity contribution in [3.63, 3.8) is 0 Å². The summed E-state index contributed by atoms with van der Waals surface area (Å²) in [4.78, 5) is 12.7. The van der Waals surface area contributed by atoms with Crippen molar-refractivity contribution >= 4 is 46.8 Å². The van der Waals surface area contributed by atoms with Crippen molar-refractivity contribution in [2.45, 2.75) is 22.7 Å². The third-order valence-electron chi connectivity index (χ3n) is 3.63. The Kier molecular flexibility index (Phi) is 5.82. The van der Waals surface area contributed by atoms with Crippen LogP contribution in [0.25, 0.3) is 0 Å². The highest BCUT2D eigenvalue weighted by Gasteiger charge is 2.21. The van der Waals surface area contributed by atoms with E-state index in [-0.39, 0.29) is 5.91 Å². The maximum atomic E-state index is 12.7. The Hall–Kier alpha value is -1.77. The van der Waals surface area contributed by atoms with Crippen LogP contribution in [0.2, 0.25) is 0 Å². The molecule has 0 spiro atoms. The van der Waals surface area contributed by atoms with Gasteiger partial charge in [0.25, 0.3) is 5.91 Å². The van der Waals surface area contributed by atoms with Crippen LogP contribution in [-0.4, -0.2) is 32.6 Å². The van der Waals surface area contributed by atoms with Crippen molar-refractivity contribution < 1.29 is 4.79 Å². The molecule has 0 bridgehead atoms. The highest BCUT2D eigenvalue weighted by molar-refractivity contribution is 8.01. The lowest BCUT2D eigenvalue weighted by Gasteiger charge is -2.05. The molecule has 25 heavy (non-hydrogen) atoms. The number of hydrogen-bond acceptors (Lipinski definition) is 6. The van der Waals surface area contributed by atoms with Crippen molar-refractivity contribution in [3.8, 4) is 0 Å². The first-order valence-electron chi connectivity index (χ1n) is 7.59. The number of nitrogens with one attached hydrogen (secondary N) is 1. The molecule has 8 heteroatoms. The molecule has 0 saturated heterocycles. The Bertz CT molecular complexity index is 852. The van der Waals surface area contributed by atoms with Crippen molar-refractivity contribution in [2.24, 2.45) is 0 Å². The Morgan fingerprint density at radius 3 is 2.68 bits per heavy atom. The van der Waals surface area contributed by atoms with Crippen LogP contribution in [0.5, 0.6) is 0 Å². The van der Waals surface area contributed by atoms with Gasteiger partial charge in [0.2, 0.25) is 0 Å². The van der Waals surface area contributed by atoms with Gasteiger partial charge in [-0.15, -0.1) is 23.5 Å². The minimum Gasteiger partial charge on any atom is -0.305 e. The van der Waals surface area contributed by atoms with Crippen molar-refractivity contribution in [2.75, 3.05) is 17.8 Å². The van der Waals surface area contributed by atoms with Crippen LogP contribution in [0.4, 0.5) is 5.82 Å². The molecule has 0 fully saturated rings. The average molecular weight is 391 g/mol. The minimum atomic E-state index is -0.160. The van der Waals surface area contributed by atoms with Gasteiger partial charge in [-0.25, -0.2) is 0 Å². The summed E-state index contributed by atoms with van der Waals surface area (Å²) in [5.74, 6) is 0.399. The number of carbonyl (C=O) groups excluding carboxylic acids is 1. The first-order valence-corrected chi connectivity index (χ1v) is 10.8. The Morgan fingerprint density at radius 2 is 2.00 bits per heavy atom. The zero-order chi connectivity index (χ0) is 17.8. The van der Waals surface area contributed by atoms with Crippen LogP contribution in [0, 0.1) is 6.92 Å². The first kappa shape index (κ1) is 18.0. The molecule has 1 aromatic carbocycles. The molecular weight excluding hydrogens is 372 g/mol. The van der Waals surface area contributed by atoms with E-state index in [1.165, 1.54) is 40.6 Å². The molecule has 1 amide bonds. The molecule has 0 aliphatic heterocycles. The molecule has 130 valence electrons. The van der Waals surface area contributed by atoms with Gasteiger partial charge in [0, 0.05) is 11.8 Å². The highest BCUT2D eigenvalue weighted by Crippen LogP contribution is 2.33. The SMILES string of the molecule is CSc1nsc(SC)c1C(=O)Nc1cc(C)n(Cc2ccccc2)n1. The zero-order valence-corrected chi connectivity index (χ0v) is 16.6. The van der Waals surface area contributed by atoms with E-state index < -0.39 is 0 Å². The number of anilines is 1. The number of amides is 1. The predicted molar refractivity (Wildman–Crippen MR) is 106 cm³/mol. The highest BCUT2D eigenvalue weighted by atomic mass is 32.2. The van der Waals surface area contributed by atoms with E-state index in [1.54, 1.807) is 0 Å². The van der Waals surface area contributed by atoms with Gasteiger partial charge in [-0.1, -0.05) is 30.3 Å². The Labute approximate surface area is 159 Å². The van der Waals surface area contributed by atoms with Crippen LogP contribution in [-0.2, 0) is 6.54 Å². The molecular formula is C17H18N4OS3. The van der Waals surface area contributed by atoms with Gasteiger partial charge >= 0.3 is 0 Å². The fourth-order valence-corrected chi connectivity index (χ4v) is 4.68. The maximum absolute atomic E-state index is 12.7. The molecule has 5 nitrogen and oxygen atoms in total. The summed E-state index contributed by atoms with van der Waals surface area (Å²) < 4.78 is 7.15. The van der Waals surface area contributed by atoms with E-state index >= 15 is 0 Å². The average Bonchev–Trinajstić information content (AvgIpc) is 3.19. The molecule has 0 atom stereocenters. The molecule has 0 aliphatic carbocycles. The number of rotatable bonds is 6. The second kappa shape index (κ2) is 8.07. The van der Waals surface area contributed by atoms with Crippen LogP contribution >= 0.6 is 35.1 Å². The van der Waals surface area contributed by atoms with E-state index in [4.69, 9.17) is 0 Å². The van der Waals surface area contributed by atoms with E-state index in [1.807, 2.05) is 48.4 Å². The molecule has 2 heterocycles. The number of carbonyl (C=O) groups is 1. The van der Waals surface area contributed by atoms with Gasteiger partial charge in [0.15, 0.2) is 5.82 Å². The quantitative estimate of drug-likeness (QED) is 0.633. The van der Waals surface area contributed by atoms with Crippen LogP contribution in [0.1, 0.15) is 21.6 Å². The zero-order valence-electron chi connectivity index (χ0n) is 14.1. The second-order valence-corrected chi connectivity index (χ2v) is 7.97. The number of thioether (sulfide) groups is 2. The number of hydrogen-bond donors (Lipinski definition) is 1. The van der Waals surface area contributed by atoms with Gasteiger partial charge in [0.05, 0.1) is 16.3 Å². The van der Waals surface area contributed by atoms with Crippen molar-refractivity contribution in [1.29, 1.82) is 0 Å². The van der Waals surface area contributed by atoms with Crippen molar-refractivity contribution in [1.82, 2.24) is 14.2 Å². The lowest BCUT2D eigenvalue weighted by atomic mass is 10.2. The maximum Gasteiger partial charge on any atom is 0.261 e. The van der Waals surface area contributed by atoms with Crippen LogP contribution in [0.15, 0.2) is 45.6 Å². The molecule has 3 aromatic rings. The number of aromatic nitrogens is 3. The summed E-state index contributed by atoms with van der Waals surface area (Å²) in [7, 11) is 0. The van der Waals surface area contributed by atoms with Gasteiger partial charge in [-0.05, 0) is 36.5 Å². The fourth-order valence-electron chi connectivity index (χ4n) is 2.40. The van der Waals surface area contributed by atoms with E-state index in [2.05, 4.69) is 26.9 Å². The van der Waals surface area contributed by atoms with Gasteiger partial charge < -0.3 is 5.32 Å². The normalized spacial score (nSPS) is 10.8. The second-order valence-electron chi connectivity index (χ2n) is 5.33. The van der Waals surface area contributed by atoms with Gasteiger partial charge in [0.1, 0.15) is 5.03 Å². The first-order chi connectivity index (χ1) is 12.1. The Balaban J connectivity index is 1.79. The van der Waals surface area contributed by atoms with Gasteiger partial charge in [-0.3, -0.25) is 9.48 Å². The number of aryl methyl sites for hydroxylation is 1. The molecule has 0 saturated carbocycles. The van der Waals surface area contributed by atoms with E-state index in [9.17, 15) is 4.79 Å². The molecule has 3 rings (SSSR count). The molecule has 1 N–H and O–H groups in total. The summed E-state index contributed by atoms with van der Waals surface area (Å²) in [6.45, 7) is 2.66. The monoisotopic (exact) mass is 390 g/mol.